The van der Waals surface area contributed by atoms with Gasteiger partial charge in [-0.15, -0.1) is 0 Å². The Kier molecular flexibility index (Phi) is 2.46. The van der Waals surface area contributed by atoms with Gasteiger partial charge in [-0.1, -0.05) is 19.1 Å². The van der Waals surface area contributed by atoms with Gasteiger partial charge in [0.1, 0.15) is 6.10 Å². The van der Waals surface area contributed by atoms with E-state index in [-0.39, 0.29) is 17.3 Å². The van der Waals surface area contributed by atoms with Gasteiger partial charge in [-0.05, 0) is 44.1 Å². The minimum absolute atomic E-state index is 0.186. The lowest BCUT2D eigenvalue weighted by atomic mass is 9.56. The zero-order chi connectivity index (χ0) is 13.1. The van der Waals surface area contributed by atoms with Crippen molar-refractivity contribution in [2.24, 2.45) is 11.3 Å². The van der Waals surface area contributed by atoms with Crippen molar-refractivity contribution < 1.29 is 14.6 Å². The molecule has 0 saturated heterocycles. The van der Waals surface area contributed by atoms with Crippen LogP contribution >= 0.6 is 0 Å². The Bertz CT molecular complexity index is 462. The zero-order valence-electron chi connectivity index (χ0n) is 11.0. The second-order valence-corrected chi connectivity index (χ2v) is 6.20. The second kappa shape index (κ2) is 3.70. The average Bonchev–Trinajstić information content (AvgIpc) is 2.60. The first-order chi connectivity index (χ1) is 8.45. The molecule has 0 aromatic heterocycles. The Balaban J connectivity index is 2.04. The van der Waals surface area contributed by atoms with Crippen molar-refractivity contribution in [3.63, 3.8) is 0 Å². The van der Waals surface area contributed by atoms with E-state index in [0.29, 0.717) is 5.57 Å². The highest BCUT2D eigenvalue weighted by atomic mass is 16.6. The largest absolute Gasteiger partial charge is 0.452 e. The van der Waals surface area contributed by atoms with Crippen molar-refractivity contribution in [1.29, 1.82) is 0 Å². The van der Waals surface area contributed by atoms with Crippen LogP contribution in [0.5, 0.6) is 0 Å². The third-order valence-corrected chi connectivity index (χ3v) is 5.25. The molecule has 3 heteroatoms. The monoisotopic (exact) mass is 248 g/mol. The Labute approximate surface area is 108 Å². The molecular formula is C15H20O3. The van der Waals surface area contributed by atoms with Crippen LogP contribution in [0, 0.1) is 11.3 Å². The molecule has 0 aromatic carbocycles. The van der Waals surface area contributed by atoms with E-state index in [1.54, 1.807) is 6.92 Å². The third-order valence-electron chi connectivity index (χ3n) is 5.25. The molecule has 98 valence electrons. The van der Waals surface area contributed by atoms with Crippen LogP contribution < -0.4 is 0 Å². The van der Waals surface area contributed by atoms with Gasteiger partial charge >= 0.3 is 5.97 Å². The first-order valence-corrected chi connectivity index (χ1v) is 6.71. The molecule has 2 aliphatic carbocycles. The minimum Gasteiger partial charge on any atom is -0.452 e. The van der Waals surface area contributed by atoms with Crippen molar-refractivity contribution in [3.8, 4) is 0 Å². The summed E-state index contributed by atoms with van der Waals surface area (Å²) in [6, 6.07) is 0. The molecule has 18 heavy (non-hydrogen) atoms. The summed E-state index contributed by atoms with van der Waals surface area (Å²) >= 11 is 0. The number of esters is 1. The van der Waals surface area contributed by atoms with Crippen LogP contribution in [0.3, 0.4) is 0 Å². The summed E-state index contributed by atoms with van der Waals surface area (Å²) in [6.45, 7) is 8.10. The molecule has 1 aliphatic heterocycles. The number of fused-ring (bicyclic) bond motifs is 2. The van der Waals surface area contributed by atoms with Crippen molar-refractivity contribution in [2.75, 3.05) is 0 Å². The van der Waals surface area contributed by atoms with Gasteiger partial charge in [0.05, 0.1) is 0 Å². The smallest absolute Gasteiger partial charge is 0.334 e. The van der Waals surface area contributed by atoms with E-state index >= 15 is 0 Å². The predicted octanol–water partition coefficient (Wildman–Crippen LogP) is 2.36. The molecule has 2 saturated carbocycles. The van der Waals surface area contributed by atoms with Crippen LogP contribution in [0.4, 0.5) is 0 Å². The molecule has 0 spiro atoms. The number of carbonyl (C=O) groups excluding carboxylic acids is 1. The fourth-order valence-corrected chi connectivity index (χ4v) is 3.95. The van der Waals surface area contributed by atoms with Crippen LogP contribution in [0.15, 0.2) is 23.3 Å². The van der Waals surface area contributed by atoms with E-state index in [0.717, 1.165) is 31.3 Å². The fourth-order valence-electron chi connectivity index (χ4n) is 3.95. The highest BCUT2D eigenvalue weighted by molar-refractivity contribution is 5.91. The van der Waals surface area contributed by atoms with Crippen LogP contribution in [-0.4, -0.2) is 23.3 Å². The third kappa shape index (κ3) is 1.37. The molecule has 2 fully saturated rings. The van der Waals surface area contributed by atoms with Gasteiger partial charge in [-0.2, -0.15) is 0 Å². The minimum atomic E-state index is -0.593. The number of hydrogen-bond donors (Lipinski definition) is 1. The van der Waals surface area contributed by atoms with E-state index in [1.807, 2.05) is 0 Å². The molecule has 0 aromatic rings. The topological polar surface area (TPSA) is 46.5 Å². The van der Waals surface area contributed by atoms with Crippen molar-refractivity contribution >= 4 is 5.97 Å². The normalized spacial score (nSPS) is 43.6. The Morgan fingerprint density at radius 3 is 2.94 bits per heavy atom. The number of ether oxygens (including phenoxy) is 1. The molecular weight excluding hydrogens is 228 g/mol. The number of allylic oxidation sites excluding steroid dienone is 1. The molecule has 3 nitrogen and oxygen atoms in total. The van der Waals surface area contributed by atoms with Crippen molar-refractivity contribution in [3.05, 3.63) is 23.3 Å². The van der Waals surface area contributed by atoms with Crippen LogP contribution in [0.1, 0.15) is 39.5 Å². The molecule has 1 N–H and O–H groups in total. The van der Waals surface area contributed by atoms with Crippen molar-refractivity contribution in [2.45, 2.75) is 51.7 Å². The van der Waals surface area contributed by atoms with Gasteiger partial charge in [0.2, 0.25) is 0 Å². The molecule has 0 amide bonds. The van der Waals surface area contributed by atoms with Gasteiger partial charge in [-0.25, -0.2) is 4.79 Å². The van der Waals surface area contributed by atoms with Gasteiger partial charge < -0.3 is 9.84 Å². The van der Waals surface area contributed by atoms with E-state index in [1.165, 1.54) is 5.57 Å². The molecule has 0 bridgehead atoms. The van der Waals surface area contributed by atoms with Gasteiger partial charge in [0.15, 0.2) is 6.10 Å². The average molecular weight is 248 g/mol. The molecule has 3 aliphatic rings. The second-order valence-electron chi connectivity index (χ2n) is 6.20. The Hall–Kier alpha value is -1.09. The lowest BCUT2D eigenvalue weighted by molar-refractivity contribution is -0.154. The number of hydrogen-bond acceptors (Lipinski definition) is 3. The Morgan fingerprint density at radius 1 is 1.50 bits per heavy atom. The summed E-state index contributed by atoms with van der Waals surface area (Å²) < 4.78 is 5.35. The predicted molar refractivity (Wildman–Crippen MR) is 67.8 cm³/mol. The summed E-state index contributed by atoms with van der Waals surface area (Å²) in [5.74, 6) is 0.0267. The highest BCUT2D eigenvalue weighted by Gasteiger charge is 2.55. The summed E-state index contributed by atoms with van der Waals surface area (Å²) in [6.07, 6.45) is 2.92. The van der Waals surface area contributed by atoms with Gasteiger partial charge in [-0.3, -0.25) is 0 Å². The number of carbonyl (C=O) groups is 1. The lowest BCUT2D eigenvalue weighted by Gasteiger charge is -2.51. The summed E-state index contributed by atoms with van der Waals surface area (Å²) in [5.41, 5.74) is 2.73. The number of aliphatic hydroxyl groups is 1. The highest BCUT2D eigenvalue weighted by Crippen LogP contribution is 2.55. The summed E-state index contributed by atoms with van der Waals surface area (Å²) in [7, 11) is 0. The van der Waals surface area contributed by atoms with Gasteiger partial charge in [0.25, 0.3) is 0 Å². The summed E-state index contributed by atoms with van der Waals surface area (Å²) in [5, 5.41) is 10.6. The Morgan fingerprint density at radius 2 is 2.22 bits per heavy atom. The zero-order valence-corrected chi connectivity index (χ0v) is 11.0. The first kappa shape index (κ1) is 12.0. The number of rotatable bonds is 0. The maximum atomic E-state index is 11.7. The molecule has 3 rings (SSSR count). The van der Waals surface area contributed by atoms with Crippen LogP contribution in [0.2, 0.25) is 0 Å². The fraction of sp³-hybridized carbons (Fsp3) is 0.667. The van der Waals surface area contributed by atoms with E-state index in [9.17, 15) is 9.90 Å². The van der Waals surface area contributed by atoms with E-state index in [4.69, 9.17) is 4.74 Å². The van der Waals surface area contributed by atoms with Crippen LogP contribution in [0.25, 0.3) is 0 Å². The van der Waals surface area contributed by atoms with E-state index in [2.05, 4.69) is 13.5 Å². The SMILES string of the molecule is C=C1CCC[C@]2(C)[C@H](O)[C@@H]3OC(=O)C(C)=C3C[C@@H]12. The van der Waals surface area contributed by atoms with Crippen LogP contribution in [-0.2, 0) is 9.53 Å². The number of aliphatic hydroxyl groups excluding tert-OH is 1. The van der Waals surface area contributed by atoms with E-state index < -0.39 is 12.2 Å². The standard InChI is InChI=1S/C15H20O3/c1-8-5-4-6-15(3)11(8)7-10-9(2)14(17)18-12(10)13(15)16/h11-13,16H,1,4-7H2,2-3H3/t11-,12+,13+,15-/m0/s1. The molecule has 1 heterocycles. The lowest BCUT2D eigenvalue weighted by Crippen LogP contribution is -2.53. The first-order valence-electron chi connectivity index (χ1n) is 6.71. The van der Waals surface area contributed by atoms with Crippen molar-refractivity contribution in [1.82, 2.24) is 0 Å². The maximum absolute atomic E-state index is 11.7. The maximum Gasteiger partial charge on any atom is 0.334 e. The van der Waals surface area contributed by atoms with Gasteiger partial charge in [0, 0.05) is 11.0 Å². The summed E-state index contributed by atoms with van der Waals surface area (Å²) in [4.78, 5) is 11.7. The quantitative estimate of drug-likeness (QED) is 0.529. The molecule has 0 radical (unpaired) electrons. The molecule has 4 atom stereocenters. The molecule has 0 unspecified atom stereocenters.